The number of aromatic nitrogens is 3. The van der Waals surface area contributed by atoms with Crippen molar-refractivity contribution in [1.29, 1.82) is 0 Å². The number of hydrogen-bond acceptors (Lipinski definition) is 5. The summed E-state index contributed by atoms with van der Waals surface area (Å²) in [5.41, 5.74) is -0.620. The molecule has 2 aromatic heterocycles. The predicted octanol–water partition coefficient (Wildman–Crippen LogP) is 1.46. The van der Waals surface area contributed by atoms with Crippen LogP contribution in [0.5, 0.6) is 11.6 Å². The van der Waals surface area contributed by atoms with E-state index in [1.807, 2.05) is 0 Å². The summed E-state index contributed by atoms with van der Waals surface area (Å²) in [6.45, 7) is 0. The zero-order chi connectivity index (χ0) is 14.1. The lowest BCUT2D eigenvalue weighted by Crippen LogP contribution is -2.21. The molecule has 1 fully saturated rings. The van der Waals surface area contributed by atoms with E-state index in [2.05, 4.69) is 9.97 Å². The Morgan fingerprint density at radius 2 is 2.15 bits per heavy atom. The Morgan fingerprint density at radius 3 is 2.85 bits per heavy atom. The van der Waals surface area contributed by atoms with Gasteiger partial charge in [-0.05, 0) is 25.0 Å². The summed E-state index contributed by atoms with van der Waals surface area (Å²) in [7, 11) is 0. The second-order valence-corrected chi connectivity index (χ2v) is 4.43. The molecule has 7 heteroatoms. The third-order valence-electron chi connectivity index (χ3n) is 2.96. The van der Waals surface area contributed by atoms with Gasteiger partial charge in [-0.25, -0.2) is 14.8 Å². The number of ether oxygens (including phenoxy) is 1. The van der Waals surface area contributed by atoms with Crippen molar-refractivity contribution < 1.29 is 14.6 Å². The third-order valence-corrected chi connectivity index (χ3v) is 2.96. The Morgan fingerprint density at radius 1 is 1.35 bits per heavy atom. The van der Waals surface area contributed by atoms with Gasteiger partial charge in [-0.3, -0.25) is 4.79 Å². The number of hydrogen-bond donors (Lipinski definition) is 1. The molecule has 1 aliphatic rings. The summed E-state index contributed by atoms with van der Waals surface area (Å²) in [5, 5.41) is 9.02. The van der Waals surface area contributed by atoms with E-state index in [0.29, 0.717) is 0 Å². The maximum atomic E-state index is 12.1. The lowest BCUT2D eigenvalue weighted by molar-refractivity contribution is 0.0687. The van der Waals surface area contributed by atoms with Crippen molar-refractivity contribution >= 4 is 5.97 Å². The highest BCUT2D eigenvalue weighted by Crippen LogP contribution is 2.33. The number of nitrogens with zero attached hydrogens (tertiary/aromatic N) is 3. The van der Waals surface area contributed by atoms with Gasteiger partial charge in [0.25, 0.3) is 5.88 Å². The van der Waals surface area contributed by atoms with Crippen molar-refractivity contribution in [1.82, 2.24) is 14.5 Å². The van der Waals surface area contributed by atoms with E-state index in [0.717, 1.165) is 12.8 Å². The molecule has 1 aliphatic carbocycles. The molecular weight excluding hydrogens is 262 g/mol. The van der Waals surface area contributed by atoms with Gasteiger partial charge in [0, 0.05) is 24.6 Å². The highest BCUT2D eigenvalue weighted by atomic mass is 16.5. The van der Waals surface area contributed by atoms with Gasteiger partial charge in [-0.1, -0.05) is 0 Å². The van der Waals surface area contributed by atoms with Crippen LogP contribution in [0.1, 0.15) is 29.4 Å². The van der Waals surface area contributed by atoms with E-state index in [9.17, 15) is 9.59 Å². The molecule has 0 unspecified atom stereocenters. The molecule has 20 heavy (non-hydrogen) atoms. The summed E-state index contributed by atoms with van der Waals surface area (Å²) < 4.78 is 6.89. The Labute approximate surface area is 113 Å². The van der Waals surface area contributed by atoms with E-state index in [1.54, 1.807) is 10.8 Å². The highest BCUT2D eigenvalue weighted by molar-refractivity contribution is 5.88. The molecule has 0 spiro atoms. The van der Waals surface area contributed by atoms with Crippen LogP contribution in [-0.2, 0) is 0 Å². The zero-order valence-corrected chi connectivity index (χ0v) is 10.4. The Hall–Kier alpha value is -2.70. The van der Waals surface area contributed by atoms with Crippen LogP contribution < -0.4 is 10.3 Å². The lowest BCUT2D eigenvalue weighted by Gasteiger charge is -2.08. The van der Waals surface area contributed by atoms with Crippen LogP contribution in [0.4, 0.5) is 0 Å². The quantitative estimate of drug-likeness (QED) is 0.906. The molecule has 0 aromatic carbocycles. The van der Waals surface area contributed by atoms with E-state index in [4.69, 9.17) is 9.84 Å². The summed E-state index contributed by atoms with van der Waals surface area (Å²) in [5.74, 6) is -1.37. The van der Waals surface area contributed by atoms with E-state index in [1.165, 1.54) is 24.5 Å². The van der Waals surface area contributed by atoms with Gasteiger partial charge < -0.3 is 14.4 Å². The first-order valence-corrected chi connectivity index (χ1v) is 6.10. The molecule has 0 saturated heterocycles. The third kappa shape index (κ3) is 2.25. The molecule has 2 heterocycles. The summed E-state index contributed by atoms with van der Waals surface area (Å²) in [6.07, 6.45) is 6.32. The van der Waals surface area contributed by atoms with Gasteiger partial charge >= 0.3 is 11.5 Å². The number of carboxylic acids is 1. The summed E-state index contributed by atoms with van der Waals surface area (Å²) in [6, 6.07) is 3.16. The zero-order valence-electron chi connectivity index (χ0n) is 10.4. The molecule has 3 rings (SSSR count). The maximum Gasteiger partial charge on any atom is 0.358 e. The number of aromatic carboxylic acids is 1. The fourth-order valence-corrected chi connectivity index (χ4v) is 1.85. The predicted molar refractivity (Wildman–Crippen MR) is 68.0 cm³/mol. The molecule has 102 valence electrons. The van der Waals surface area contributed by atoms with E-state index in [-0.39, 0.29) is 28.9 Å². The molecule has 7 nitrogen and oxygen atoms in total. The Kier molecular flexibility index (Phi) is 2.94. The van der Waals surface area contributed by atoms with Crippen molar-refractivity contribution in [2.75, 3.05) is 0 Å². The minimum Gasteiger partial charge on any atom is -0.476 e. The normalized spacial score (nSPS) is 14.0. The van der Waals surface area contributed by atoms with Crippen LogP contribution in [0, 0.1) is 0 Å². The van der Waals surface area contributed by atoms with Crippen molar-refractivity contribution in [2.24, 2.45) is 0 Å². The van der Waals surface area contributed by atoms with Crippen LogP contribution >= 0.6 is 0 Å². The lowest BCUT2D eigenvalue weighted by atomic mass is 10.3. The van der Waals surface area contributed by atoms with Crippen molar-refractivity contribution in [2.45, 2.75) is 18.9 Å². The van der Waals surface area contributed by atoms with E-state index >= 15 is 0 Å². The Bertz CT molecular complexity index is 722. The van der Waals surface area contributed by atoms with Crippen molar-refractivity contribution in [3.05, 3.63) is 46.8 Å². The van der Waals surface area contributed by atoms with Crippen LogP contribution in [0.3, 0.4) is 0 Å². The van der Waals surface area contributed by atoms with Crippen molar-refractivity contribution in [3.63, 3.8) is 0 Å². The first kappa shape index (κ1) is 12.3. The smallest absolute Gasteiger partial charge is 0.358 e. The Balaban J connectivity index is 1.98. The fraction of sp³-hybridized carbons (Fsp3) is 0.231. The second kappa shape index (κ2) is 4.76. The largest absolute Gasteiger partial charge is 0.476 e. The van der Waals surface area contributed by atoms with Gasteiger partial charge in [-0.2, -0.15) is 0 Å². The number of carboxylic acid groups (broad SMARTS) is 1. The van der Waals surface area contributed by atoms with Gasteiger partial charge in [0.1, 0.15) is 0 Å². The van der Waals surface area contributed by atoms with Crippen LogP contribution in [0.2, 0.25) is 0 Å². The minimum atomic E-state index is -1.22. The van der Waals surface area contributed by atoms with Crippen LogP contribution in [0.25, 0.3) is 0 Å². The van der Waals surface area contributed by atoms with Gasteiger partial charge in [0.2, 0.25) is 0 Å². The number of pyridine rings is 1. The molecule has 0 aliphatic heterocycles. The van der Waals surface area contributed by atoms with Gasteiger partial charge in [0.05, 0.1) is 0 Å². The molecule has 1 saturated carbocycles. The first-order valence-electron chi connectivity index (χ1n) is 6.10. The molecule has 0 radical (unpaired) electrons. The summed E-state index contributed by atoms with van der Waals surface area (Å²) >= 11 is 0. The monoisotopic (exact) mass is 273 g/mol. The molecular formula is C13H11N3O4. The minimum absolute atomic E-state index is 0.00172. The average molecular weight is 273 g/mol. The average Bonchev–Trinajstić information content (AvgIpc) is 3.26. The maximum absolute atomic E-state index is 12.1. The SMILES string of the molecule is O=C(O)c1ncccc1Oc1nccn(C2CC2)c1=O. The fourth-order valence-electron chi connectivity index (χ4n) is 1.85. The van der Waals surface area contributed by atoms with Crippen molar-refractivity contribution in [3.8, 4) is 11.6 Å². The topological polar surface area (TPSA) is 94.3 Å². The second-order valence-electron chi connectivity index (χ2n) is 4.43. The first-order chi connectivity index (χ1) is 9.66. The highest BCUT2D eigenvalue weighted by Gasteiger charge is 2.26. The molecule has 0 bridgehead atoms. The molecule has 0 amide bonds. The van der Waals surface area contributed by atoms with E-state index < -0.39 is 5.97 Å². The molecule has 1 N–H and O–H groups in total. The van der Waals surface area contributed by atoms with Crippen LogP contribution in [0.15, 0.2) is 35.5 Å². The number of carbonyl (C=O) groups is 1. The standard InChI is InChI=1S/C13H11N3O4/c17-12-11(15-6-7-16(12)8-3-4-8)20-9-2-1-5-14-10(9)13(18)19/h1-2,5-8H,3-4H2,(H,18,19). The molecule has 2 aromatic rings. The summed E-state index contributed by atoms with van der Waals surface area (Å²) in [4.78, 5) is 30.8. The molecule has 0 atom stereocenters. The van der Waals surface area contributed by atoms with Crippen LogP contribution in [-0.4, -0.2) is 25.6 Å². The van der Waals surface area contributed by atoms with Gasteiger partial charge in [-0.15, -0.1) is 0 Å². The van der Waals surface area contributed by atoms with Gasteiger partial charge in [0.15, 0.2) is 11.4 Å². The number of rotatable bonds is 4.